The zero-order valence-electron chi connectivity index (χ0n) is 19.8. The Hall–Kier alpha value is -2.53. The fraction of sp³-hybridized carbons (Fsp3) is 0.519. The van der Waals surface area contributed by atoms with Crippen molar-refractivity contribution in [1.82, 2.24) is 9.80 Å². The molecule has 2 aromatic rings. The molecule has 172 valence electrons. The second-order valence-electron chi connectivity index (χ2n) is 9.24. The summed E-state index contributed by atoms with van der Waals surface area (Å²) in [6, 6.07) is 16.8. The smallest absolute Gasteiger partial charge is 0.410 e. The second kappa shape index (κ2) is 10.4. The lowest BCUT2D eigenvalue weighted by atomic mass is 9.91. The van der Waals surface area contributed by atoms with Crippen LogP contribution in [0.2, 0.25) is 0 Å². The van der Waals surface area contributed by atoms with E-state index in [0.29, 0.717) is 12.5 Å². The highest BCUT2D eigenvalue weighted by atomic mass is 16.6. The number of hydrogen-bond donors (Lipinski definition) is 0. The molecule has 32 heavy (non-hydrogen) atoms. The summed E-state index contributed by atoms with van der Waals surface area (Å²) in [6.07, 6.45) is 1.94. The molecule has 0 radical (unpaired) electrons. The van der Waals surface area contributed by atoms with Crippen LogP contribution in [0.25, 0.3) is 0 Å². The van der Waals surface area contributed by atoms with Crippen molar-refractivity contribution < 1.29 is 9.53 Å². The molecule has 2 heterocycles. The Balaban J connectivity index is 1.49. The summed E-state index contributed by atoms with van der Waals surface area (Å²) in [6.45, 7) is 13.2. The molecule has 2 aromatic carbocycles. The third-order valence-corrected chi connectivity index (χ3v) is 7.04. The lowest BCUT2D eigenvalue weighted by Gasteiger charge is -2.36. The van der Waals surface area contributed by atoms with Gasteiger partial charge in [-0.05, 0) is 61.1 Å². The summed E-state index contributed by atoms with van der Waals surface area (Å²) in [5, 5.41) is 0. The number of carbonyl (C=O) groups excluding carboxylic acids is 1. The van der Waals surface area contributed by atoms with Gasteiger partial charge in [0.2, 0.25) is 0 Å². The van der Waals surface area contributed by atoms with E-state index in [1.807, 2.05) is 35.2 Å². The molecule has 0 unspecified atom stereocenters. The number of hydrogen-bond acceptors (Lipinski definition) is 4. The van der Waals surface area contributed by atoms with Crippen LogP contribution >= 0.6 is 0 Å². The van der Waals surface area contributed by atoms with E-state index in [9.17, 15) is 4.79 Å². The Morgan fingerprint density at radius 3 is 2.44 bits per heavy atom. The van der Waals surface area contributed by atoms with Crippen molar-refractivity contribution in [2.45, 2.75) is 52.2 Å². The topological polar surface area (TPSA) is 36.0 Å². The highest BCUT2D eigenvalue weighted by Crippen LogP contribution is 2.37. The van der Waals surface area contributed by atoms with E-state index >= 15 is 0 Å². The molecule has 0 bridgehead atoms. The van der Waals surface area contributed by atoms with Gasteiger partial charge in [0.1, 0.15) is 6.61 Å². The minimum absolute atomic E-state index is 0.000413. The maximum Gasteiger partial charge on any atom is 0.410 e. The van der Waals surface area contributed by atoms with Gasteiger partial charge >= 0.3 is 6.09 Å². The van der Waals surface area contributed by atoms with Crippen molar-refractivity contribution in [2.24, 2.45) is 0 Å². The van der Waals surface area contributed by atoms with Gasteiger partial charge in [-0.25, -0.2) is 4.79 Å². The first-order valence-electron chi connectivity index (χ1n) is 12.1. The number of nitrogens with zero attached hydrogens (tertiary/aromatic N) is 3. The van der Waals surface area contributed by atoms with Crippen LogP contribution < -0.4 is 4.90 Å². The first-order valence-corrected chi connectivity index (χ1v) is 12.1. The number of rotatable bonds is 5. The van der Waals surface area contributed by atoms with Crippen molar-refractivity contribution in [3.63, 3.8) is 0 Å². The average molecular weight is 436 g/mol. The molecule has 0 N–H and O–H groups in total. The molecule has 1 fully saturated rings. The number of benzene rings is 2. The van der Waals surface area contributed by atoms with Crippen LogP contribution in [0.15, 0.2) is 48.5 Å². The van der Waals surface area contributed by atoms with Crippen LogP contribution in [0, 0.1) is 0 Å². The van der Waals surface area contributed by atoms with Gasteiger partial charge in [0.05, 0.1) is 6.04 Å². The number of fused-ring (bicyclic) bond motifs is 1. The molecule has 4 rings (SSSR count). The van der Waals surface area contributed by atoms with Crippen molar-refractivity contribution in [3.05, 3.63) is 65.2 Å². The summed E-state index contributed by atoms with van der Waals surface area (Å²) in [5.41, 5.74) is 4.92. The predicted octanol–water partition coefficient (Wildman–Crippen LogP) is 5.43. The van der Waals surface area contributed by atoms with Crippen LogP contribution in [-0.2, 0) is 11.3 Å². The zero-order valence-corrected chi connectivity index (χ0v) is 19.8. The molecule has 0 spiro atoms. The van der Waals surface area contributed by atoms with E-state index < -0.39 is 0 Å². The summed E-state index contributed by atoms with van der Waals surface area (Å²) >= 11 is 0. The summed E-state index contributed by atoms with van der Waals surface area (Å²) in [5.74, 6) is 0.426. The van der Waals surface area contributed by atoms with E-state index in [0.717, 1.165) is 44.7 Å². The first kappa shape index (κ1) is 22.7. The van der Waals surface area contributed by atoms with E-state index in [4.69, 9.17) is 4.74 Å². The predicted molar refractivity (Wildman–Crippen MR) is 130 cm³/mol. The molecular weight excluding hydrogens is 398 g/mol. The standard InChI is InChI=1S/C27H37N3O2/c1-4-13-28-15-17-29(18-16-28)24-10-11-25-21(2)12-14-30(22(3)26(25)19-24)27(31)32-20-23-8-6-5-7-9-23/h5-11,19,21-22H,4,12-18,20H2,1-3H3/t21-,22-/m0/s1. The quantitative estimate of drug-likeness (QED) is 0.628. The monoisotopic (exact) mass is 435 g/mol. The van der Waals surface area contributed by atoms with Gasteiger partial charge in [-0.15, -0.1) is 0 Å². The fourth-order valence-electron chi connectivity index (χ4n) is 5.02. The van der Waals surface area contributed by atoms with Crippen molar-refractivity contribution in [3.8, 4) is 0 Å². The molecule has 2 atom stereocenters. The van der Waals surface area contributed by atoms with Gasteiger partial charge in [0.15, 0.2) is 0 Å². The largest absolute Gasteiger partial charge is 0.445 e. The van der Waals surface area contributed by atoms with Crippen LogP contribution in [-0.4, -0.2) is 55.2 Å². The SMILES string of the molecule is CCCN1CCN(c2ccc3c(c2)[C@H](C)N(C(=O)OCc2ccccc2)CC[C@@H]3C)CC1. The van der Waals surface area contributed by atoms with Crippen LogP contribution in [0.3, 0.4) is 0 Å². The van der Waals surface area contributed by atoms with Crippen LogP contribution in [0.4, 0.5) is 10.5 Å². The zero-order chi connectivity index (χ0) is 22.5. The Bertz CT molecular complexity index is 893. The molecule has 1 saturated heterocycles. The molecule has 5 nitrogen and oxygen atoms in total. The number of carbonyl (C=O) groups is 1. The van der Waals surface area contributed by atoms with E-state index in [-0.39, 0.29) is 12.1 Å². The Labute approximate surface area is 193 Å². The molecule has 0 aliphatic carbocycles. The summed E-state index contributed by atoms with van der Waals surface area (Å²) in [7, 11) is 0. The molecule has 5 heteroatoms. The van der Waals surface area contributed by atoms with Crippen molar-refractivity contribution in [2.75, 3.05) is 44.2 Å². The normalized spacial score (nSPS) is 21.7. The third-order valence-electron chi connectivity index (χ3n) is 7.04. The fourth-order valence-corrected chi connectivity index (χ4v) is 5.02. The third kappa shape index (κ3) is 5.09. The van der Waals surface area contributed by atoms with Gasteiger partial charge < -0.3 is 14.5 Å². The molecule has 2 aliphatic rings. The maximum atomic E-state index is 13.0. The number of anilines is 1. The highest BCUT2D eigenvalue weighted by Gasteiger charge is 2.30. The lowest BCUT2D eigenvalue weighted by molar-refractivity contribution is 0.0834. The number of ether oxygens (including phenoxy) is 1. The van der Waals surface area contributed by atoms with Crippen LogP contribution in [0.1, 0.15) is 62.3 Å². The molecule has 0 saturated carbocycles. The van der Waals surface area contributed by atoms with Gasteiger partial charge in [-0.2, -0.15) is 0 Å². The maximum absolute atomic E-state index is 13.0. The van der Waals surface area contributed by atoms with Gasteiger partial charge in [-0.1, -0.05) is 50.2 Å². The molecular formula is C27H37N3O2. The van der Waals surface area contributed by atoms with Crippen LogP contribution in [0.5, 0.6) is 0 Å². The number of piperazine rings is 1. The Morgan fingerprint density at radius 2 is 1.72 bits per heavy atom. The second-order valence-corrected chi connectivity index (χ2v) is 9.24. The number of amides is 1. The van der Waals surface area contributed by atoms with E-state index in [1.54, 1.807) is 0 Å². The van der Waals surface area contributed by atoms with Crippen molar-refractivity contribution >= 4 is 11.8 Å². The summed E-state index contributed by atoms with van der Waals surface area (Å²) in [4.78, 5) is 20.0. The van der Waals surface area contributed by atoms with Gasteiger partial charge in [-0.3, -0.25) is 4.90 Å². The van der Waals surface area contributed by atoms with Crippen molar-refractivity contribution in [1.29, 1.82) is 0 Å². The molecule has 0 aromatic heterocycles. The summed E-state index contributed by atoms with van der Waals surface area (Å²) < 4.78 is 5.70. The molecule has 2 aliphatic heterocycles. The molecule has 1 amide bonds. The average Bonchev–Trinajstić information content (AvgIpc) is 2.95. The van der Waals surface area contributed by atoms with Gasteiger partial charge in [0.25, 0.3) is 0 Å². The minimum atomic E-state index is -0.222. The Morgan fingerprint density at radius 1 is 0.969 bits per heavy atom. The van der Waals surface area contributed by atoms with E-state index in [1.165, 1.54) is 29.8 Å². The first-order chi connectivity index (χ1) is 15.6. The van der Waals surface area contributed by atoms with Gasteiger partial charge in [0, 0.05) is 38.4 Å². The Kier molecular flexibility index (Phi) is 7.36. The lowest BCUT2D eigenvalue weighted by Crippen LogP contribution is -2.46. The highest BCUT2D eigenvalue weighted by molar-refractivity contribution is 5.69. The minimum Gasteiger partial charge on any atom is -0.445 e. The van der Waals surface area contributed by atoms with E-state index in [2.05, 4.69) is 48.8 Å².